The number of benzene rings is 2. The van der Waals surface area contributed by atoms with Crippen LogP contribution < -0.4 is 0 Å². The molecule has 0 amide bonds. The monoisotopic (exact) mass is 274 g/mol. The Labute approximate surface area is 115 Å². The van der Waals surface area contributed by atoms with E-state index in [0.717, 1.165) is 22.5 Å². The molecule has 0 N–H and O–H groups in total. The van der Waals surface area contributed by atoms with Crippen molar-refractivity contribution in [3.05, 3.63) is 60.2 Å². The van der Waals surface area contributed by atoms with Crippen LogP contribution in [0.2, 0.25) is 0 Å². The highest BCUT2D eigenvalue weighted by Gasteiger charge is 2.11. The van der Waals surface area contributed by atoms with Crippen LogP contribution in [0.1, 0.15) is 5.82 Å². The summed E-state index contributed by atoms with van der Waals surface area (Å²) in [5, 5.41) is 0. The maximum Gasteiger partial charge on any atom is 0.125 e. The molecule has 3 rings (SSSR count). The fourth-order valence-corrected chi connectivity index (χ4v) is 2.40. The summed E-state index contributed by atoms with van der Waals surface area (Å²) in [6.45, 7) is 0. The first-order chi connectivity index (χ1) is 9.29. The van der Waals surface area contributed by atoms with Crippen molar-refractivity contribution in [1.29, 1.82) is 0 Å². The molecule has 2 aromatic carbocycles. The molecule has 0 unspecified atom stereocenters. The number of fused-ring (bicyclic) bond motifs is 1. The minimum atomic E-state index is -0.257. The number of alkyl halides is 1. The molecule has 19 heavy (non-hydrogen) atoms. The highest BCUT2D eigenvalue weighted by molar-refractivity contribution is 6.17. The number of nitrogens with zero attached hydrogens (tertiary/aromatic N) is 2. The minimum Gasteiger partial charge on any atom is -0.296 e. The predicted octanol–water partition coefficient (Wildman–Crippen LogP) is 3.95. The molecule has 0 spiro atoms. The molecule has 0 saturated heterocycles. The highest BCUT2D eigenvalue weighted by Crippen LogP contribution is 2.22. The van der Waals surface area contributed by atoms with E-state index in [1.165, 1.54) is 12.1 Å². The molecular weight excluding hydrogens is 263 g/mol. The molecule has 4 heteroatoms. The fraction of sp³-hybridized carbons (Fsp3) is 0.133. The summed E-state index contributed by atoms with van der Waals surface area (Å²) in [6, 6.07) is 14.3. The average molecular weight is 275 g/mol. The second-order valence-electron chi connectivity index (χ2n) is 4.27. The van der Waals surface area contributed by atoms with Gasteiger partial charge in [-0.3, -0.25) is 4.57 Å². The van der Waals surface area contributed by atoms with Crippen molar-refractivity contribution in [3.63, 3.8) is 0 Å². The SMILES string of the molecule is Fc1cccc(-n2c(CCCl)nc3ccccc32)c1. The van der Waals surface area contributed by atoms with Gasteiger partial charge in [0.2, 0.25) is 0 Å². The van der Waals surface area contributed by atoms with Crippen molar-refractivity contribution >= 4 is 22.6 Å². The molecule has 0 bridgehead atoms. The van der Waals surface area contributed by atoms with Gasteiger partial charge in [-0.15, -0.1) is 11.6 Å². The summed E-state index contributed by atoms with van der Waals surface area (Å²) in [7, 11) is 0. The molecule has 2 nitrogen and oxygen atoms in total. The van der Waals surface area contributed by atoms with E-state index in [1.54, 1.807) is 6.07 Å². The first-order valence-corrected chi connectivity index (χ1v) is 6.61. The van der Waals surface area contributed by atoms with Crippen molar-refractivity contribution in [1.82, 2.24) is 9.55 Å². The second-order valence-corrected chi connectivity index (χ2v) is 4.65. The zero-order chi connectivity index (χ0) is 13.2. The van der Waals surface area contributed by atoms with Crippen molar-refractivity contribution in [2.45, 2.75) is 6.42 Å². The number of rotatable bonds is 3. The second kappa shape index (κ2) is 5.02. The van der Waals surface area contributed by atoms with Gasteiger partial charge in [0.05, 0.1) is 16.7 Å². The highest BCUT2D eigenvalue weighted by atomic mass is 35.5. The molecule has 96 valence electrons. The van der Waals surface area contributed by atoms with Gasteiger partial charge in [0.25, 0.3) is 0 Å². The maximum atomic E-state index is 13.4. The van der Waals surface area contributed by atoms with Crippen LogP contribution in [0.25, 0.3) is 16.7 Å². The molecule has 0 atom stereocenters. The number of aromatic nitrogens is 2. The lowest BCUT2D eigenvalue weighted by molar-refractivity contribution is 0.626. The number of para-hydroxylation sites is 2. The van der Waals surface area contributed by atoms with Crippen LogP contribution in [0.15, 0.2) is 48.5 Å². The Hall–Kier alpha value is -1.87. The van der Waals surface area contributed by atoms with Crippen LogP contribution in [0.5, 0.6) is 0 Å². The van der Waals surface area contributed by atoms with Crippen LogP contribution in [-0.2, 0) is 6.42 Å². The maximum absolute atomic E-state index is 13.4. The fourth-order valence-electron chi connectivity index (χ4n) is 2.23. The number of halogens is 2. The third-order valence-corrected chi connectivity index (χ3v) is 3.20. The van der Waals surface area contributed by atoms with Gasteiger partial charge in [-0.1, -0.05) is 18.2 Å². The molecule has 0 fully saturated rings. The van der Waals surface area contributed by atoms with Gasteiger partial charge in [0, 0.05) is 12.3 Å². The van der Waals surface area contributed by atoms with Crippen LogP contribution >= 0.6 is 11.6 Å². The van der Waals surface area contributed by atoms with Crippen molar-refractivity contribution in [2.75, 3.05) is 5.88 Å². The van der Waals surface area contributed by atoms with E-state index in [2.05, 4.69) is 4.98 Å². The van der Waals surface area contributed by atoms with E-state index in [0.29, 0.717) is 12.3 Å². The Morgan fingerprint density at radius 1 is 1.11 bits per heavy atom. The Bertz CT molecular complexity index is 721. The zero-order valence-corrected chi connectivity index (χ0v) is 10.9. The van der Waals surface area contributed by atoms with Crippen molar-refractivity contribution in [3.8, 4) is 5.69 Å². The molecule has 0 saturated carbocycles. The van der Waals surface area contributed by atoms with Crippen molar-refractivity contribution < 1.29 is 4.39 Å². The third-order valence-electron chi connectivity index (χ3n) is 3.01. The minimum absolute atomic E-state index is 0.257. The molecule has 3 aromatic rings. The molecule has 0 radical (unpaired) electrons. The molecule has 1 heterocycles. The van der Waals surface area contributed by atoms with Gasteiger partial charge in [0.1, 0.15) is 11.6 Å². The number of aryl methyl sites for hydroxylation is 1. The van der Waals surface area contributed by atoms with Gasteiger partial charge in [-0.05, 0) is 30.3 Å². The van der Waals surface area contributed by atoms with Gasteiger partial charge >= 0.3 is 0 Å². The molecule has 1 aromatic heterocycles. The van der Waals surface area contributed by atoms with Gasteiger partial charge in [-0.2, -0.15) is 0 Å². The summed E-state index contributed by atoms with van der Waals surface area (Å²) in [6.07, 6.45) is 0.646. The van der Waals surface area contributed by atoms with Gasteiger partial charge < -0.3 is 0 Å². The molecule has 0 aliphatic heterocycles. The van der Waals surface area contributed by atoms with Gasteiger partial charge in [0.15, 0.2) is 0 Å². The van der Waals surface area contributed by atoms with Crippen LogP contribution in [0.3, 0.4) is 0 Å². The summed E-state index contributed by atoms with van der Waals surface area (Å²) < 4.78 is 15.4. The number of imidazole rings is 1. The summed E-state index contributed by atoms with van der Waals surface area (Å²) in [5.74, 6) is 1.08. The zero-order valence-electron chi connectivity index (χ0n) is 10.2. The van der Waals surface area contributed by atoms with Crippen molar-refractivity contribution in [2.24, 2.45) is 0 Å². The van der Waals surface area contributed by atoms with E-state index in [9.17, 15) is 4.39 Å². The summed E-state index contributed by atoms with van der Waals surface area (Å²) in [5.41, 5.74) is 2.63. The topological polar surface area (TPSA) is 17.8 Å². The van der Waals surface area contributed by atoms with E-state index < -0.39 is 0 Å². The van der Waals surface area contributed by atoms with Gasteiger partial charge in [-0.25, -0.2) is 9.37 Å². The standard InChI is InChI=1S/C15H12ClFN2/c16-9-8-15-18-13-6-1-2-7-14(13)19(15)12-5-3-4-11(17)10-12/h1-7,10H,8-9H2. The summed E-state index contributed by atoms with van der Waals surface area (Å²) >= 11 is 5.83. The number of hydrogen-bond acceptors (Lipinski definition) is 1. The lowest BCUT2D eigenvalue weighted by atomic mass is 10.2. The Morgan fingerprint density at radius 2 is 1.95 bits per heavy atom. The lowest BCUT2D eigenvalue weighted by Gasteiger charge is -2.08. The molecule has 0 aliphatic rings. The first-order valence-electron chi connectivity index (χ1n) is 6.08. The quantitative estimate of drug-likeness (QED) is 0.662. The number of hydrogen-bond donors (Lipinski definition) is 0. The van der Waals surface area contributed by atoms with Crippen LogP contribution in [-0.4, -0.2) is 15.4 Å². The van der Waals surface area contributed by atoms with Crippen LogP contribution in [0, 0.1) is 5.82 Å². The smallest absolute Gasteiger partial charge is 0.125 e. The van der Waals surface area contributed by atoms with E-state index in [-0.39, 0.29) is 5.82 Å². The predicted molar refractivity (Wildman–Crippen MR) is 75.5 cm³/mol. The molecular formula is C15H12ClFN2. The average Bonchev–Trinajstić information content (AvgIpc) is 2.77. The Balaban J connectivity index is 2.28. The normalized spacial score (nSPS) is 11.1. The van der Waals surface area contributed by atoms with E-state index in [4.69, 9.17) is 11.6 Å². The lowest BCUT2D eigenvalue weighted by Crippen LogP contribution is -2.02. The Kier molecular flexibility index (Phi) is 3.22. The Morgan fingerprint density at radius 3 is 2.74 bits per heavy atom. The van der Waals surface area contributed by atoms with E-state index >= 15 is 0 Å². The summed E-state index contributed by atoms with van der Waals surface area (Å²) in [4.78, 5) is 4.56. The first kappa shape index (κ1) is 12.2. The molecule has 0 aliphatic carbocycles. The third kappa shape index (κ3) is 2.22. The van der Waals surface area contributed by atoms with E-state index in [1.807, 2.05) is 34.9 Å². The van der Waals surface area contributed by atoms with Crippen LogP contribution in [0.4, 0.5) is 4.39 Å². The largest absolute Gasteiger partial charge is 0.296 e.